The van der Waals surface area contributed by atoms with Crippen LogP contribution >= 0.6 is 0 Å². The Labute approximate surface area is 169 Å². The lowest BCUT2D eigenvalue weighted by Gasteiger charge is -2.63. The molecular weight excluding hydrogens is 352 g/mol. The summed E-state index contributed by atoms with van der Waals surface area (Å²) in [5.74, 6) is 0.508. The van der Waals surface area contributed by atoms with E-state index in [-0.39, 0.29) is 28.8 Å². The summed E-state index contributed by atoms with van der Waals surface area (Å²) in [6, 6.07) is 0. The monoisotopic (exact) mass is 388 g/mol. The number of carbonyl (C=O) groups is 1. The summed E-state index contributed by atoms with van der Waals surface area (Å²) in [4.78, 5) is 12.1. The molecule has 4 fully saturated rings. The van der Waals surface area contributed by atoms with E-state index in [1.54, 1.807) is 0 Å². The molecule has 2 heterocycles. The summed E-state index contributed by atoms with van der Waals surface area (Å²) in [5.41, 5.74) is 2.39. The molecule has 28 heavy (non-hydrogen) atoms. The fourth-order valence-electron chi connectivity index (χ4n) is 6.60. The molecule has 2 aliphatic heterocycles. The molecule has 4 nitrogen and oxygen atoms in total. The van der Waals surface area contributed by atoms with Gasteiger partial charge in [-0.25, -0.2) is 4.79 Å². The first kappa shape index (κ1) is 20.2. The lowest BCUT2D eigenvalue weighted by Crippen LogP contribution is -2.62. The van der Waals surface area contributed by atoms with Gasteiger partial charge in [0.2, 0.25) is 0 Å². The summed E-state index contributed by atoms with van der Waals surface area (Å²) in [5, 5.41) is 0. The van der Waals surface area contributed by atoms with Gasteiger partial charge in [0.15, 0.2) is 5.79 Å². The number of rotatable bonds is 2. The Kier molecular flexibility index (Phi) is 4.82. The third-order valence-electron chi connectivity index (χ3n) is 8.28. The molecule has 6 atom stereocenters. The molecule has 2 saturated carbocycles. The van der Waals surface area contributed by atoms with Crippen LogP contribution in [0.2, 0.25) is 0 Å². The highest BCUT2D eigenvalue weighted by Gasteiger charge is 2.60. The minimum atomic E-state index is -0.487. The van der Waals surface area contributed by atoms with Crippen LogP contribution < -0.4 is 0 Å². The van der Waals surface area contributed by atoms with Crippen LogP contribution in [0.25, 0.3) is 0 Å². The second-order valence-corrected chi connectivity index (χ2v) is 10.5. The molecule has 156 valence electrons. The van der Waals surface area contributed by atoms with Crippen LogP contribution in [0, 0.1) is 28.6 Å². The van der Waals surface area contributed by atoms with Crippen LogP contribution in [0.3, 0.4) is 0 Å². The highest BCUT2D eigenvalue weighted by molar-refractivity contribution is 5.90. The van der Waals surface area contributed by atoms with Gasteiger partial charge in [-0.05, 0) is 63.2 Å². The van der Waals surface area contributed by atoms with Crippen molar-refractivity contribution < 1.29 is 19.0 Å². The SMILES string of the molecule is C=C1CCC2C3(C)COC(C)(C)OC3CCC2(C)C1C/C=C1/C(=O)OCC1C. The fourth-order valence-corrected chi connectivity index (χ4v) is 6.60. The first-order valence-corrected chi connectivity index (χ1v) is 10.9. The van der Waals surface area contributed by atoms with E-state index in [0.717, 1.165) is 44.3 Å². The largest absolute Gasteiger partial charge is 0.462 e. The summed E-state index contributed by atoms with van der Waals surface area (Å²) in [6.07, 6.45) is 7.70. The second kappa shape index (κ2) is 6.70. The number of ether oxygens (including phenoxy) is 3. The van der Waals surface area contributed by atoms with E-state index < -0.39 is 5.79 Å². The molecule has 4 rings (SSSR count). The molecule has 4 aliphatic rings. The lowest BCUT2D eigenvalue weighted by atomic mass is 9.46. The van der Waals surface area contributed by atoms with Gasteiger partial charge < -0.3 is 14.2 Å². The smallest absolute Gasteiger partial charge is 0.334 e. The molecule has 0 aromatic carbocycles. The van der Waals surface area contributed by atoms with Gasteiger partial charge in [0.05, 0.1) is 19.3 Å². The molecule has 4 heteroatoms. The van der Waals surface area contributed by atoms with Crippen LogP contribution in [0.5, 0.6) is 0 Å². The standard InChI is InChI=1S/C24H36O4/c1-15-7-10-19-23(5,18(15)9-8-17-16(2)13-26-21(17)25)12-11-20-24(19,6)14-27-22(3,4)28-20/h8,16,18-20H,1,7,9-14H2,2-6H3/b17-8+. The molecule has 6 unspecified atom stereocenters. The number of carbonyl (C=O) groups excluding carboxylic acids is 1. The molecule has 2 aliphatic carbocycles. The molecule has 2 saturated heterocycles. The number of hydrogen-bond acceptors (Lipinski definition) is 4. The first-order valence-electron chi connectivity index (χ1n) is 10.9. The Morgan fingerprint density at radius 1 is 1.18 bits per heavy atom. The van der Waals surface area contributed by atoms with Crippen LogP contribution in [0.4, 0.5) is 0 Å². The zero-order valence-corrected chi connectivity index (χ0v) is 18.2. The highest BCUT2D eigenvalue weighted by Crippen LogP contribution is 2.63. The van der Waals surface area contributed by atoms with Gasteiger partial charge in [0.1, 0.15) is 0 Å². The van der Waals surface area contributed by atoms with Crippen molar-refractivity contribution in [2.75, 3.05) is 13.2 Å². The van der Waals surface area contributed by atoms with E-state index in [9.17, 15) is 4.79 Å². The predicted molar refractivity (Wildman–Crippen MR) is 109 cm³/mol. The molecule has 0 bridgehead atoms. The van der Waals surface area contributed by atoms with Crippen molar-refractivity contribution in [3.05, 3.63) is 23.8 Å². The van der Waals surface area contributed by atoms with E-state index in [1.165, 1.54) is 5.57 Å². The molecule has 0 spiro atoms. The van der Waals surface area contributed by atoms with Crippen LogP contribution in [0.15, 0.2) is 23.8 Å². The lowest BCUT2D eigenvalue weighted by molar-refractivity contribution is -0.344. The van der Waals surface area contributed by atoms with Crippen LogP contribution in [-0.4, -0.2) is 31.1 Å². The topological polar surface area (TPSA) is 44.8 Å². The van der Waals surface area contributed by atoms with Gasteiger partial charge in [-0.1, -0.05) is 39.0 Å². The van der Waals surface area contributed by atoms with Gasteiger partial charge in [0.25, 0.3) is 0 Å². The van der Waals surface area contributed by atoms with E-state index in [0.29, 0.717) is 18.4 Å². The Bertz CT molecular complexity index is 707. The zero-order chi connectivity index (χ0) is 20.3. The predicted octanol–water partition coefficient (Wildman–Crippen LogP) is 5.04. The maximum atomic E-state index is 12.1. The summed E-state index contributed by atoms with van der Waals surface area (Å²) < 4.78 is 17.8. The van der Waals surface area contributed by atoms with Crippen molar-refractivity contribution in [1.82, 2.24) is 0 Å². The van der Waals surface area contributed by atoms with Crippen molar-refractivity contribution in [3.8, 4) is 0 Å². The van der Waals surface area contributed by atoms with Gasteiger partial charge >= 0.3 is 5.97 Å². The van der Waals surface area contributed by atoms with E-state index >= 15 is 0 Å². The number of esters is 1. The number of fused-ring (bicyclic) bond motifs is 3. The Balaban J connectivity index is 1.61. The maximum absolute atomic E-state index is 12.1. The average molecular weight is 389 g/mol. The normalized spacial score (nSPS) is 46.8. The first-order chi connectivity index (χ1) is 13.1. The van der Waals surface area contributed by atoms with E-state index in [1.807, 2.05) is 13.8 Å². The van der Waals surface area contributed by atoms with Crippen LogP contribution in [-0.2, 0) is 19.0 Å². The Hall–Kier alpha value is -1.13. The van der Waals surface area contributed by atoms with E-state index in [4.69, 9.17) is 14.2 Å². The summed E-state index contributed by atoms with van der Waals surface area (Å²) in [7, 11) is 0. The highest BCUT2D eigenvalue weighted by atomic mass is 16.7. The van der Waals surface area contributed by atoms with Crippen molar-refractivity contribution >= 4 is 5.97 Å². The Morgan fingerprint density at radius 2 is 1.93 bits per heavy atom. The van der Waals surface area contributed by atoms with E-state index in [2.05, 4.69) is 33.4 Å². The molecular formula is C24H36O4. The fraction of sp³-hybridized carbons (Fsp3) is 0.792. The third-order valence-corrected chi connectivity index (χ3v) is 8.28. The molecule has 0 amide bonds. The van der Waals surface area contributed by atoms with Crippen molar-refractivity contribution in [2.45, 2.75) is 78.6 Å². The summed E-state index contributed by atoms with van der Waals surface area (Å²) >= 11 is 0. The zero-order valence-electron chi connectivity index (χ0n) is 18.2. The van der Waals surface area contributed by atoms with Crippen molar-refractivity contribution in [1.29, 1.82) is 0 Å². The third kappa shape index (κ3) is 3.08. The minimum absolute atomic E-state index is 0.0359. The maximum Gasteiger partial charge on any atom is 0.334 e. The quantitative estimate of drug-likeness (QED) is 0.378. The van der Waals surface area contributed by atoms with Crippen LogP contribution in [0.1, 0.15) is 66.7 Å². The molecule has 0 aromatic heterocycles. The second-order valence-electron chi connectivity index (χ2n) is 10.5. The summed E-state index contributed by atoms with van der Waals surface area (Å²) in [6.45, 7) is 16.7. The van der Waals surface area contributed by atoms with Crippen molar-refractivity contribution in [2.24, 2.45) is 28.6 Å². The van der Waals surface area contributed by atoms with Gasteiger partial charge in [0, 0.05) is 16.9 Å². The number of allylic oxidation sites excluding steroid dienone is 2. The van der Waals surface area contributed by atoms with Gasteiger partial charge in [-0.15, -0.1) is 0 Å². The van der Waals surface area contributed by atoms with Crippen molar-refractivity contribution in [3.63, 3.8) is 0 Å². The molecule has 0 N–H and O–H groups in total. The number of hydrogen-bond donors (Lipinski definition) is 0. The minimum Gasteiger partial charge on any atom is -0.462 e. The Morgan fingerprint density at radius 3 is 2.61 bits per heavy atom. The number of cyclic esters (lactones) is 1. The van der Waals surface area contributed by atoms with Gasteiger partial charge in [-0.2, -0.15) is 0 Å². The van der Waals surface area contributed by atoms with Gasteiger partial charge in [-0.3, -0.25) is 0 Å². The molecule has 0 radical (unpaired) electrons. The molecule has 0 aromatic rings. The average Bonchev–Trinajstić information content (AvgIpc) is 2.93.